The van der Waals surface area contributed by atoms with Gasteiger partial charge in [0, 0.05) is 38.1 Å². The van der Waals surface area contributed by atoms with Crippen LogP contribution in [0.4, 0.5) is 4.79 Å². The minimum absolute atomic E-state index is 0.00274. The average Bonchev–Trinajstić information content (AvgIpc) is 2.89. The van der Waals surface area contributed by atoms with Crippen LogP contribution in [0.1, 0.15) is 30.9 Å². The Morgan fingerprint density at radius 3 is 2.85 bits per heavy atom. The smallest absolute Gasteiger partial charge is 0.317 e. The Labute approximate surface area is 161 Å². The minimum atomic E-state index is -0.00274. The number of amides is 3. The predicted octanol–water partition coefficient (Wildman–Crippen LogP) is 2.21. The van der Waals surface area contributed by atoms with E-state index in [-0.39, 0.29) is 23.9 Å². The van der Waals surface area contributed by atoms with Crippen LogP contribution in [0.15, 0.2) is 24.3 Å². The molecule has 0 unspecified atom stereocenters. The number of nitrogens with one attached hydrogen (secondary N) is 1. The molecule has 6 nitrogen and oxygen atoms in total. The minimum Gasteiger partial charge on any atom is -0.379 e. The van der Waals surface area contributed by atoms with Gasteiger partial charge in [-0.1, -0.05) is 31.2 Å². The number of piperidine rings is 1. The molecule has 148 valence electrons. The highest BCUT2D eigenvalue weighted by atomic mass is 16.5. The van der Waals surface area contributed by atoms with Gasteiger partial charge in [-0.05, 0) is 30.9 Å². The molecule has 2 saturated heterocycles. The van der Waals surface area contributed by atoms with Crippen LogP contribution in [0.2, 0.25) is 0 Å². The summed E-state index contributed by atoms with van der Waals surface area (Å²) >= 11 is 0. The fourth-order valence-electron chi connectivity index (χ4n) is 4.05. The number of likely N-dealkylation sites (tertiary alicyclic amines) is 1. The van der Waals surface area contributed by atoms with E-state index in [1.165, 1.54) is 0 Å². The molecule has 1 aromatic carbocycles. The molecule has 3 amide bonds. The number of fused-ring (bicyclic) bond motifs is 1. The van der Waals surface area contributed by atoms with Crippen molar-refractivity contribution in [2.24, 2.45) is 5.92 Å². The monoisotopic (exact) mass is 373 g/mol. The van der Waals surface area contributed by atoms with Crippen LogP contribution in [0.25, 0.3) is 0 Å². The molecule has 0 spiro atoms. The van der Waals surface area contributed by atoms with Crippen LogP contribution < -0.4 is 5.32 Å². The van der Waals surface area contributed by atoms with Gasteiger partial charge in [-0.15, -0.1) is 0 Å². The largest absolute Gasteiger partial charge is 0.379 e. The molecule has 2 heterocycles. The van der Waals surface area contributed by atoms with E-state index in [9.17, 15) is 9.59 Å². The van der Waals surface area contributed by atoms with E-state index in [0.717, 1.165) is 24.0 Å². The molecule has 0 saturated carbocycles. The van der Waals surface area contributed by atoms with E-state index in [1.54, 1.807) is 0 Å². The van der Waals surface area contributed by atoms with Gasteiger partial charge in [-0.2, -0.15) is 0 Å². The fourth-order valence-corrected chi connectivity index (χ4v) is 4.05. The molecule has 2 fully saturated rings. The number of hydrogen-bond donors (Lipinski definition) is 1. The Kier molecular flexibility index (Phi) is 6.72. The molecule has 2 atom stereocenters. The number of aryl methyl sites for hydroxylation is 1. The summed E-state index contributed by atoms with van der Waals surface area (Å²) in [4.78, 5) is 29.2. The zero-order valence-corrected chi connectivity index (χ0v) is 16.4. The van der Waals surface area contributed by atoms with Crippen molar-refractivity contribution in [1.82, 2.24) is 15.1 Å². The lowest BCUT2D eigenvalue weighted by Gasteiger charge is -2.42. The quantitative estimate of drug-likeness (QED) is 0.880. The van der Waals surface area contributed by atoms with Crippen LogP contribution in [0.5, 0.6) is 0 Å². The van der Waals surface area contributed by atoms with Gasteiger partial charge in [0.15, 0.2) is 0 Å². The standard InChI is InChI=1S/C21H31N3O3/c1-3-9-22-21(26)24-11-12-27-15-18-14-23(10-8-19(18)24)20(25)13-17-7-5-4-6-16(17)2/h4-7,18-19H,3,8-15H2,1-2H3,(H,22,26)/t18-,19-/m1/s1. The van der Waals surface area contributed by atoms with Gasteiger partial charge in [-0.25, -0.2) is 4.79 Å². The maximum Gasteiger partial charge on any atom is 0.317 e. The van der Waals surface area contributed by atoms with Gasteiger partial charge >= 0.3 is 6.03 Å². The molecule has 6 heteroatoms. The summed E-state index contributed by atoms with van der Waals surface area (Å²) in [7, 11) is 0. The summed E-state index contributed by atoms with van der Waals surface area (Å²) in [6.45, 7) is 7.92. The third kappa shape index (κ3) is 4.80. The Hall–Kier alpha value is -2.08. The molecular weight excluding hydrogens is 342 g/mol. The number of carbonyl (C=O) groups excluding carboxylic acids is 2. The van der Waals surface area contributed by atoms with Gasteiger partial charge < -0.3 is 19.9 Å². The maximum atomic E-state index is 12.8. The summed E-state index contributed by atoms with van der Waals surface area (Å²) in [5, 5.41) is 2.99. The second-order valence-electron chi connectivity index (χ2n) is 7.56. The molecule has 1 aromatic rings. The molecule has 0 radical (unpaired) electrons. The van der Waals surface area contributed by atoms with Crippen LogP contribution in [-0.4, -0.2) is 67.2 Å². The molecular formula is C21H31N3O3. The van der Waals surface area contributed by atoms with Crippen molar-refractivity contribution in [3.05, 3.63) is 35.4 Å². The average molecular weight is 373 g/mol. The van der Waals surface area contributed by atoms with Crippen molar-refractivity contribution in [2.75, 3.05) is 39.4 Å². The van der Waals surface area contributed by atoms with Crippen molar-refractivity contribution >= 4 is 11.9 Å². The first-order chi connectivity index (χ1) is 13.1. The third-order valence-electron chi connectivity index (χ3n) is 5.65. The topological polar surface area (TPSA) is 61.9 Å². The number of rotatable bonds is 4. The lowest BCUT2D eigenvalue weighted by atomic mass is 9.91. The zero-order valence-electron chi connectivity index (χ0n) is 16.4. The Morgan fingerprint density at radius 1 is 1.26 bits per heavy atom. The highest BCUT2D eigenvalue weighted by Gasteiger charge is 2.38. The van der Waals surface area contributed by atoms with Crippen molar-refractivity contribution in [2.45, 2.75) is 39.2 Å². The first-order valence-corrected chi connectivity index (χ1v) is 10.0. The first kappa shape index (κ1) is 19.7. The molecule has 0 aromatic heterocycles. The lowest BCUT2D eigenvalue weighted by Crippen LogP contribution is -2.56. The molecule has 0 aliphatic carbocycles. The van der Waals surface area contributed by atoms with Crippen LogP contribution in [-0.2, 0) is 16.0 Å². The van der Waals surface area contributed by atoms with Crippen molar-refractivity contribution in [1.29, 1.82) is 0 Å². The van der Waals surface area contributed by atoms with E-state index in [2.05, 4.69) is 5.32 Å². The second-order valence-corrected chi connectivity index (χ2v) is 7.56. The number of ether oxygens (including phenoxy) is 1. The molecule has 2 aliphatic heterocycles. The number of benzene rings is 1. The van der Waals surface area contributed by atoms with E-state index < -0.39 is 0 Å². The summed E-state index contributed by atoms with van der Waals surface area (Å²) < 4.78 is 5.75. The van der Waals surface area contributed by atoms with E-state index >= 15 is 0 Å². The van der Waals surface area contributed by atoms with E-state index in [0.29, 0.717) is 45.8 Å². The van der Waals surface area contributed by atoms with E-state index in [1.807, 2.05) is 47.9 Å². The van der Waals surface area contributed by atoms with Crippen molar-refractivity contribution in [3.63, 3.8) is 0 Å². The van der Waals surface area contributed by atoms with Gasteiger partial charge in [-0.3, -0.25) is 4.79 Å². The Balaban J connectivity index is 1.63. The van der Waals surface area contributed by atoms with Crippen LogP contribution in [0.3, 0.4) is 0 Å². The first-order valence-electron chi connectivity index (χ1n) is 10.0. The van der Waals surface area contributed by atoms with Crippen molar-refractivity contribution in [3.8, 4) is 0 Å². The predicted molar refractivity (Wildman–Crippen MR) is 105 cm³/mol. The normalized spacial score (nSPS) is 22.7. The number of urea groups is 1. The molecule has 2 aliphatic rings. The van der Waals surface area contributed by atoms with Crippen molar-refractivity contribution < 1.29 is 14.3 Å². The highest BCUT2D eigenvalue weighted by Crippen LogP contribution is 2.26. The SMILES string of the molecule is CCCNC(=O)N1CCOC[C@H]2CN(C(=O)Cc3ccccc3C)CC[C@H]21. The fraction of sp³-hybridized carbons (Fsp3) is 0.619. The Bertz CT molecular complexity index is 664. The maximum absolute atomic E-state index is 12.8. The second kappa shape index (κ2) is 9.22. The van der Waals surface area contributed by atoms with Crippen LogP contribution >= 0.6 is 0 Å². The van der Waals surface area contributed by atoms with Gasteiger partial charge in [0.1, 0.15) is 0 Å². The van der Waals surface area contributed by atoms with E-state index in [4.69, 9.17) is 4.74 Å². The van der Waals surface area contributed by atoms with Gasteiger partial charge in [0.2, 0.25) is 5.91 Å². The number of nitrogens with zero attached hydrogens (tertiary/aromatic N) is 2. The summed E-state index contributed by atoms with van der Waals surface area (Å²) in [5.41, 5.74) is 2.24. The number of carbonyl (C=O) groups is 2. The zero-order chi connectivity index (χ0) is 19.2. The molecule has 1 N–H and O–H groups in total. The lowest BCUT2D eigenvalue weighted by molar-refractivity contribution is -0.133. The third-order valence-corrected chi connectivity index (χ3v) is 5.65. The van der Waals surface area contributed by atoms with Gasteiger partial charge in [0.25, 0.3) is 0 Å². The van der Waals surface area contributed by atoms with Crippen LogP contribution in [0, 0.1) is 12.8 Å². The molecule has 0 bridgehead atoms. The summed E-state index contributed by atoms with van der Waals surface area (Å²) in [6, 6.07) is 8.18. The highest BCUT2D eigenvalue weighted by molar-refractivity contribution is 5.79. The Morgan fingerprint density at radius 2 is 2.07 bits per heavy atom. The summed E-state index contributed by atoms with van der Waals surface area (Å²) in [5.74, 6) is 0.337. The summed E-state index contributed by atoms with van der Waals surface area (Å²) in [6.07, 6.45) is 2.17. The molecule has 27 heavy (non-hydrogen) atoms. The van der Waals surface area contributed by atoms with Gasteiger partial charge in [0.05, 0.1) is 19.6 Å². The molecule has 3 rings (SSSR count). The number of hydrogen-bond acceptors (Lipinski definition) is 3.